The minimum absolute atomic E-state index is 0.234. The van der Waals surface area contributed by atoms with Crippen LogP contribution in [0.4, 0.5) is 5.82 Å². The summed E-state index contributed by atoms with van der Waals surface area (Å²) < 4.78 is 6.21. The predicted octanol–water partition coefficient (Wildman–Crippen LogP) is 2.24. The Morgan fingerprint density at radius 3 is 2.95 bits per heavy atom. The normalized spacial score (nSPS) is 22.6. The molecule has 21 heavy (non-hydrogen) atoms. The first-order valence-corrected chi connectivity index (χ1v) is 7.44. The Morgan fingerprint density at radius 2 is 2.19 bits per heavy atom. The van der Waals surface area contributed by atoms with Gasteiger partial charge in [-0.25, -0.2) is 0 Å². The van der Waals surface area contributed by atoms with Gasteiger partial charge in [0.2, 0.25) is 0 Å². The Balaban J connectivity index is 1.87. The highest BCUT2D eigenvalue weighted by molar-refractivity contribution is 5.78. The molecular weight excluding hydrogens is 264 g/mol. The third-order valence-electron chi connectivity index (χ3n) is 4.40. The fourth-order valence-electron chi connectivity index (χ4n) is 3.39. The number of benzene rings is 1. The van der Waals surface area contributed by atoms with Gasteiger partial charge in [0.05, 0.1) is 11.3 Å². The van der Waals surface area contributed by atoms with E-state index < -0.39 is 5.60 Å². The first kappa shape index (κ1) is 12.7. The van der Waals surface area contributed by atoms with Crippen molar-refractivity contribution in [2.75, 3.05) is 18.0 Å². The lowest BCUT2D eigenvalue weighted by Gasteiger charge is -2.34. The zero-order valence-electron chi connectivity index (χ0n) is 12.4. The van der Waals surface area contributed by atoms with Gasteiger partial charge in [-0.15, -0.1) is 0 Å². The maximum absolute atomic E-state index is 6.21. The highest BCUT2D eigenvalue weighted by atomic mass is 16.5. The van der Waals surface area contributed by atoms with Crippen LogP contribution in [0.2, 0.25) is 0 Å². The third-order valence-corrected chi connectivity index (χ3v) is 4.40. The Morgan fingerprint density at radius 1 is 1.38 bits per heavy atom. The number of rotatable bonds is 1. The summed E-state index contributed by atoms with van der Waals surface area (Å²) >= 11 is 0. The molecule has 2 aliphatic rings. The second kappa shape index (κ2) is 4.24. The monoisotopic (exact) mass is 284 g/mol. The van der Waals surface area contributed by atoms with Gasteiger partial charge in [-0.05, 0) is 32.4 Å². The predicted molar refractivity (Wildman–Crippen MR) is 82.5 cm³/mol. The van der Waals surface area contributed by atoms with Crippen molar-refractivity contribution in [3.8, 4) is 17.0 Å². The summed E-state index contributed by atoms with van der Waals surface area (Å²) in [5, 5.41) is 7.79. The molecule has 2 aliphatic heterocycles. The van der Waals surface area contributed by atoms with E-state index in [0.717, 1.165) is 47.9 Å². The number of hydrogen-bond donors (Lipinski definition) is 2. The molecule has 0 aliphatic carbocycles. The number of aromatic nitrogens is 2. The number of fused-ring (bicyclic) bond motifs is 3. The number of nitrogens with two attached hydrogens (primary N) is 1. The lowest BCUT2D eigenvalue weighted by molar-refractivity contribution is 0.106. The zero-order chi connectivity index (χ0) is 14.6. The summed E-state index contributed by atoms with van der Waals surface area (Å²) in [6.07, 6.45) is 1.01. The maximum Gasteiger partial charge on any atom is 0.158 e. The van der Waals surface area contributed by atoms with E-state index in [1.54, 1.807) is 0 Å². The first-order valence-electron chi connectivity index (χ1n) is 7.44. The van der Waals surface area contributed by atoms with Crippen molar-refractivity contribution >= 4 is 5.82 Å². The quantitative estimate of drug-likeness (QED) is 0.843. The Labute approximate surface area is 124 Å². The average Bonchev–Trinajstić information content (AvgIpc) is 3.05. The molecule has 1 saturated heterocycles. The minimum Gasteiger partial charge on any atom is -0.482 e. The van der Waals surface area contributed by atoms with Gasteiger partial charge < -0.3 is 15.4 Å². The molecular formula is C16H20N4O. The number of ether oxygens (including phenoxy) is 1. The highest BCUT2D eigenvalue weighted by Gasteiger charge is 2.39. The van der Waals surface area contributed by atoms with Gasteiger partial charge in [-0.1, -0.05) is 12.1 Å². The van der Waals surface area contributed by atoms with E-state index in [0.29, 0.717) is 0 Å². The van der Waals surface area contributed by atoms with Crippen LogP contribution < -0.4 is 15.4 Å². The lowest BCUT2D eigenvalue weighted by Crippen LogP contribution is -2.33. The summed E-state index contributed by atoms with van der Waals surface area (Å²) in [7, 11) is 0. The molecule has 4 rings (SSSR count). The van der Waals surface area contributed by atoms with Crippen molar-refractivity contribution in [3.05, 3.63) is 29.8 Å². The van der Waals surface area contributed by atoms with Crippen LogP contribution in [0.15, 0.2) is 24.3 Å². The van der Waals surface area contributed by atoms with Gasteiger partial charge >= 0.3 is 0 Å². The van der Waals surface area contributed by atoms with Gasteiger partial charge in [-0.2, -0.15) is 5.10 Å². The Kier molecular flexibility index (Phi) is 2.57. The molecule has 0 amide bonds. The van der Waals surface area contributed by atoms with E-state index >= 15 is 0 Å². The lowest BCUT2D eigenvalue weighted by atomic mass is 9.90. The van der Waals surface area contributed by atoms with Crippen LogP contribution in [-0.4, -0.2) is 29.3 Å². The molecule has 3 N–H and O–H groups in total. The molecule has 1 aromatic carbocycles. The molecule has 2 aromatic rings. The molecule has 0 spiro atoms. The van der Waals surface area contributed by atoms with Crippen LogP contribution in [-0.2, 0) is 5.60 Å². The largest absolute Gasteiger partial charge is 0.482 e. The fourth-order valence-corrected chi connectivity index (χ4v) is 3.39. The van der Waals surface area contributed by atoms with Crippen LogP contribution in [0.5, 0.6) is 5.75 Å². The minimum atomic E-state index is -0.404. The molecule has 1 unspecified atom stereocenters. The summed E-state index contributed by atoms with van der Waals surface area (Å²) in [4.78, 5) is 2.26. The maximum atomic E-state index is 6.21. The summed E-state index contributed by atoms with van der Waals surface area (Å²) in [6.45, 7) is 6.00. The van der Waals surface area contributed by atoms with Gasteiger partial charge in [0.15, 0.2) is 5.82 Å². The topological polar surface area (TPSA) is 67.2 Å². The molecule has 0 bridgehead atoms. The molecule has 0 radical (unpaired) electrons. The smallest absolute Gasteiger partial charge is 0.158 e. The van der Waals surface area contributed by atoms with Gasteiger partial charge in [-0.3, -0.25) is 5.10 Å². The van der Waals surface area contributed by atoms with E-state index in [9.17, 15) is 0 Å². The van der Waals surface area contributed by atoms with Crippen LogP contribution in [0.25, 0.3) is 11.3 Å². The molecule has 0 saturated carbocycles. The zero-order valence-corrected chi connectivity index (χ0v) is 12.4. The number of anilines is 1. The molecule has 5 nitrogen and oxygen atoms in total. The van der Waals surface area contributed by atoms with Crippen molar-refractivity contribution in [1.82, 2.24) is 10.2 Å². The number of nitrogens with zero attached hydrogens (tertiary/aromatic N) is 2. The number of nitrogens with one attached hydrogen (secondary N) is 1. The SMILES string of the molecule is CC1(C)Oc2ccccc2-c2[nH]nc(N3CCC(N)C3)c21. The van der Waals surface area contributed by atoms with Crippen LogP contribution >= 0.6 is 0 Å². The van der Waals surface area contributed by atoms with Crippen molar-refractivity contribution in [2.24, 2.45) is 5.73 Å². The summed E-state index contributed by atoms with van der Waals surface area (Å²) in [5.41, 5.74) is 8.92. The van der Waals surface area contributed by atoms with Crippen LogP contribution in [0, 0.1) is 0 Å². The average molecular weight is 284 g/mol. The first-order chi connectivity index (χ1) is 10.1. The molecule has 3 heterocycles. The van der Waals surface area contributed by atoms with E-state index in [-0.39, 0.29) is 6.04 Å². The molecule has 5 heteroatoms. The Hall–Kier alpha value is -2.01. The van der Waals surface area contributed by atoms with Crippen molar-refractivity contribution in [2.45, 2.75) is 31.9 Å². The molecule has 110 valence electrons. The number of hydrogen-bond acceptors (Lipinski definition) is 4. The summed E-state index contributed by atoms with van der Waals surface area (Å²) in [6, 6.07) is 8.33. The van der Waals surface area contributed by atoms with Crippen LogP contribution in [0.1, 0.15) is 25.8 Å². The summed E-state index contributed by atoms with van der Waals surface area (Å²) in [5.74, 6) is 1.89. The van der Waals surface area contributed by atoms with Crippen molar-refractivity contribution < 1.29 is 4.74 Å². The van der Waals surface area contributed by atoms with E-state index in [1.165, 1.54) is 0 Å². The standard InChI is InChI=1S/C16H20N4O/c1-16(2)13-14(11-5-3-4-6-12(11)21-16)18-19-15(13)20-8-7-10(17)9-20/h3-6,10H,7-9,17H2,1-2H3,(H,18,19). The fraction of sp³-hybridized carbons (Fsp3) is 0.438. The third kappa shape index (κ3) is 1.84. The van der Waals surface area contributed by atoms with E-state index in [4.69, 9.17) is 10.5 Å². The van der Waals surface area contributed by atoms with Gasteiger partial charge in [0, 0.05) is 24.7 Å². The second-order valence-corrected chi connectivity index (χ2v) is 6.40. The number of aromatic amines is 1. The van der Waals surface area contributed by atoms with Crippen LogP contribution in [0.3, 0.4) is 0 Å². The second-order valence-electron chi connectivity index (χ2n) is 6.40. The van der Waals surface area contributed by atoms with Gasteiger partial charge in [0.1, 0.15) is 11.4 Å². The van der Waals surface area contributed by atoms with Crippen molar-refractivity contribution in [1.29, 1.82) is 0 Å². The highest BCUT2D eigenvalue weighted by Crippen LogP contribution is 2.47. The molecule has 1 aromatic heterocycles. The number of H-pyrrole nitrogens is 1. The van der Waals surface area contributed by atoms with Crippen molar-refractivity contribution in [3.63, 3.8) is 0 Å². The van der Waals surface area contributed by atoms with Gasteiger partial charge in [0.25, 0.3) is 0 Å². The molecule has 1 fully saturated rings. The Bertz CT molecular complexity index is 691. The van der Waals surface area contributed by atoms with E-state index in [1.807, 2.05) is 18.2 Å². The van der Waals surface area contributed by atoms with E-state index in [2.05, 4.69) is 35.0 Å². The molecule has 1 atom stereocenters. The number of para-hydroxylation sites is 1.